The lowest BCUT2D eigenvalue weighted by molar-refractivity contribution is -0.274. The number of ether oxygens (including phenoxy) is 1. The quantitative estimate of drug-likeness (QED) is 0.730. The topological polar surface area (TPSA) is 62.9 Å². The van der Waals surface area contributed by atoms with Gasteiger partial charge in [-0.2, -0.15) is 18.3 Å². The van der Waals surface area contributed by atoms with Crippen LogP contribution in [-0.4, -0.2) is 51.2 Å². The first-order chi connectivity index (χ1) is 13.9. The first-order valence-electron chi connectivity index (χ1n) is 8.53. The van der Waals surface area contributed by atoms with Gasteiger partial charge in [0.05, 0.1) is 12.7 Å². The van der Waals surface area contributed by atoms with Crippen molar-refractivity contribution in [1.29, 1.82) is 0 Å². The van der Waals surface area contributed by atoms with Gasteiger partial charge in [0.1, 0.15) is 11.9 Å². The summed E-state index contributed by atoms with van der Waals surface area (Å²) in [6.45, 7) is -0.840. The van der Waals surface area contributed by atoms with Gasteiger partial charge in [-0.25, -0.2) is 0 Å². The van der Waals surface area contributed by atoms with E-state index in [0.717, 1.165) is 12.1 Å². The number of allylic oxidation sites excluding steroid dienone is 1. The van der Waals surface area contributed by atoms with Gasteiger partial charge in [-0.15, -0.1) is 13.2 Å². The Morgan fingerprint density at radius 1 is 1.13 bits per heavy atom. The van der Waals surface area contributed by atoms with Crippen molar-refractivity contribution in [2.45, 2.75) is 24.8 Å². The molecule has 162 valence electrons. The predicted molar refractivity (Wildman–Crippen MR) is 94.3 cm³/mol. The number of rotatable bonds is 5. The molecule has 1 aromatic carbocycles. The summed E-state index contributed by atoms with van der Waals surface area (Å²) in [5.74, 6) is -0.470. The number of alkyl halides is 6. The molecule has 1 aromatic heterocycles. The molecule has 2 heterocycles. The van der Waals surface area contributed by atoms with Crippen LogP contribution in [0.1, 0.15) is 17.3 Å². The monoisotopic (exact) mass is 434 g/mol. The van der Waals surface area contributed by atoms with Crippen molar-refractivity contribution in [2.24, 2.45) is 12.0 Å². The summed E-state index contributed by atoms with van der Waals surface area (Å²) in [6.07, 6.45) is -7.53. The molecule has 2 atom stereocenters. The molecule has 6 nitrogen and oxygen atoms in total. The smallest absolute Gasteiger partial charge is 0.406 e. The molecule has 0 amide bonds. The molecule has 0 fully saturated rings. The third-order valence-corrected chi connectivity index (χ3v) is 4.22. The van der Waals surface area contributed by atoms with Crippen molar-refractivity contribution in [1.82, 2.24) is 14.7 Å². The average Bonchev–Trinajstić information content (AvgIpc) is 3.07. The lowest BCUT2D eigenvalue weighted by Crippen LogP contribution is -2.42. The van der Waals surface area contributed by atoms with E-state index in [-0.39, 0.29) is 5.70 Å². The summed E-state index contributed by atoms with van der Waals surface area (Å²) in [7, 11) is 1.63. The SMILES string of the molecule is Cn1cc(C2N=CC=C(c3ccc(OC(F)(F)F)cc3)N2C[C@H](O)C(F)(F)F)cn1. The van der Waals surface area contributed by atoms with E-state index in [1.807, 2.05) is 0 Å². The fraction of sp³-hybridized carbons (Fsp3) is 0.333. The Kier molecular flexibility index (Phi) is 5.79. The summed E-state index contributed by atoms with van der Waals surface area (Å²) >= 11 is 0. The largest absolute Gasteiger partial charge is 0.573 e. The van der Waals surface area contributed by atoms with Crippen LogP contribution < -0.4 is 4.74 Å². The van der Waals surface area contributed by atoms with Crippen molar-refractivity contribution in [3.8, 4) is 5.75 Å². The number of aliphatic hydroxyl groups excluding tert-OH is 1. The highest BCUT2D eigenvalue weighted by molar-refractivity contribution is 5.86. The Bertz CT molecular complexity index is 933. The average molecular weight is 434 g/mol. The third kappa shape index (κ3) is 5.12. The summed E-state index contributed by atoms with van der Waals surface area (Å²) < 4.78 is 81.3. The van der Waals surface area contributed by atoms with E-state index in [1.165, 1.54) is 40.2 Å². The molecule has 1 aliphatic rings. The van der Waals surface area contributed by atoms with Crippen molar-refractivity contribution in [2.75, 3.05) is 6.54 Å². The minimum atomic E-state index is -4.87. The maximum atomic E-state index is 13.0. The maximum Gasteiger partial charge on any atom is 0.573 e. The van der Waals surface area contributed by atoms with Gasteiger partial charge in [-0.1, -0.05) is 0 Å². The summed E-state index contributed by atoms with van der Waals surface area (Å²) in [4.78, 5) is 5.41. The zero-order chi connectivity index (χ0) is 22.1. The van der Waals surface area contributed by atoms with Gasteiger partial charge in [0.2, 0.25) is 0 Å². The van der Waals surface area contributed by atoms with Crippen LogP contribution in [0.2, 0.25) is 0 Å². The Balaban J connectivity index is 1.94. The normalized spacial score (nSPS) is 18.3. The Morgan fingerprint density at radius 2 is 1.80 bits per heavy atom. The Labute approximate surface area is 166 Å². The molecule has 0 saturated carbocycles. The Hall–Kier alpha value is -3.02. The molecule has 1 unspecified atom stereocenters. The van der Waals surface area contributed by atoms with Crippen LogP contribution in [0.5, 0.6) is 5.75 Å². The third-order valence-electron chi connectivity index (χ3n) is 4.22. The minimum Gasteiger partial charge on any atom is -0.406 e. The van der Waals surface area contributed by atoms with Crippen LogP contribution in [0, 0.1) is 0 Å². The van der Waals surface area contributed by atoms with Crippen LogP contribution >= 0.6 is 0 Å². The highest BCUT2D eigenvalue weighted by Crippen LogP contribution is 2.36. The van der Waals surface area contributed by atoms with E-state index in [2.05, 4.69) is 14.8 Å². The number of aromatic nitrogens is 2. The zero-order valence-electron chi connectivity index (χ0n) is 15.4. The van der Waals surface area contributed by atoms with Gasteiger partial charge in [0, 0.05) is 30.7 Å². The second kappa shape index (κ2) is 8.01. The molecule has 3 rings (SSSR count). The summed E-state index contributed by atoms with van der Waals surface area (Å²) in [5, 5.41) is 13.6. The van der Waals surface area contributed by atoms with Crippen molar-refractivity contribution < 1.29 is 36.2 Å². The van der Waals surface area contributed by atoms with Crippen LogP contribution in [0.3, 0.4) is 0 Å². The molecule has 0 bridgehead atoms. The lowest BCUT2D eigenvalue weighted by atomic mass is 10.1. The number of benzene rings is 1. The number of aliphatic imine (C=N–C) groups is 1. The number of aryl methyl sites for hydroxylation is 1. The molecular weight excluding hydrogens is 418 g/mol. The zero-order valence-corrected chi connectivity index (χ0v) is 15.4. The van der Waals surface area contributed by atoms with Gasteiger partial charge in [-0.3, -0.25) is 9.67 Å². The molecule has 0 aliphatic carbocycles. The van der Waals surface area contributed by atoms with E-state index < -0.39 is 37.1 Å². The van der Waals surface area contributed by atoms with Crippen LogP contribution in [0.25, 0.3) is 5.70 Å². The number of halogens is 6. The molecular formula is C18H16F6N4O2. The van der Waals surface area contributed by atoms with Crippen LogP contribution in [-0.2, 0) is 7.05 Å². The van der Waals surface area contributed by atoms with E-state index in [4.69, 9.17) is 0 Å². The van der Waals surface area contributed by atoms with Crippen LogP contribution in [0.4, 0.5) is 26.3 Å². The molecule has 12 heteroatoms. The highest BCUT2D eigenvalue weighted by atomic mass is 19.4. The summed E-state index contributed by atoms with van der Waals surface area (Å²) in [6, 6.07) is 4.65. The van der Waals surface area contributed by atoms with Gasteiger partial charge in [0.15, 0.2) is 6.10 Å². The number of nitrogens with zero attached hydrogens (tertiary/aromatic N) is 4. The number of hydrogen-bond donors (Lipinski definition) is 1. The van der Waals surface area contributed by atoms with E-state index in [1.54, 1.807) is 13.2 Å². The molecule has 1 aliphatic heterocycles. The van der Waals surface area contributed by atoms with Crippen molar-refractivity contribution in [3.05, 3.63) is 53.9 Å². The maximum absolute atomic E-state index is 13.0. The number of aliphatic hydroxyl groups is 1. The lowest BCUT2D eigenvalue weighted by Gasteiger charge is -2.36. The van der Waals surface area contributed by atoms with Gasteiger partial charge in [0.25, 0.3) is 0 Å². The van der Waals surface area contributed by atoms with Crippen molar-refractivity contribution in [3.63, 3.8) is 0 Å². The fourth-order valence-corrected chi connectivity index (χ4v) is 2.92. The standard InChI is InChI=1S/C18H16F6N4O2/c1-27-9-12(8-26-27)16-25-7-6-14(28(16)10-15(29)17(19,20)21)11-2-4-13(5-3-11)30-18(22,23)24/h2-9,15-16,29H,10H2,1H3/t15-,16?/m0/s1. The van der Waals surface area contributed by atoms with Crippen molar-refractivity contribution >= 4 is 11.9 Å². The molecule has 30 heavy (non-hydrogen) atoms. The Morgan fingerprint density at radius 3 is 2.33 bits per heavy atom. The van der Waals surface area contributed by atoms with Gasteiger partial charge < -0.3 is 14.7 Å². The minimum absolute atomic E-state index is 0.237. The molecule has 0 saturated heterocycles. The highest BCUT2D eigenvalue weighted by Gasteiger charge is 2.41. The van der Waals surface area contributed by atoms with E-state index in [9.17, 15) is 31.4 Å². The fourth-order valence-electron chi connectivity index (χ4n) is 2.92. The molecule has 2 aromatic rings. The molecule has 0 spiro atoms. The van der Waals surface area contributed by atoms with Gasteiger partial charge in [-0.05, 0) is 35.9 Å². The van der Waals surface area contributed by atoms with E-state index >= 15 is 0 Å². The number of hydrogen-bond acceptors (Lipinski definition) is 5. The van der Waals surface area contributed by atoms with Gasteiger partial charge >= 0.3 is 12.5 Å². The first-order valence-corrected chi connectivity index (χ1v) is 8.53. The summed E-state index contributed by atoms with van der Waals surface area (Å²) in [5.41, 5.74) is 1.03. The van der Waals surface area contributed by atoms with E-state index in [0.29, 0.717) is 11.1 Å². The molecule has 1 N–H and O–H groups in total. The number of β-amino-alcohol motifs (C(OH)–C–C–N with tert-alkyl or cyclic N) is 1. The first kappa shape index (κ1) is 21.7. The second-order valence-corrected chi connectivity index (χ2v) is 6.45. The second-order valence-electron chi connectivity index (χ2n) is 6.45. The predicted octanol–water partition coefficient (Wildman–Crippen LogP) is 3.67. The molecule has 0 radical (unpaired) electrons. The van der Waals surface area contributed by atoms with Crippen LogP contribution in [0.15, 0.2) is 47.7 Å².